The Morgan fingerprint density at radius 2 is 1.73 bits per heavy atom. The number of hydrogen-bond donors (Lipinski definition) is 1. The lowest BCUT2D eigenvalue weighted by Crippen LogP contribution is -2.30. The number of nitriles is 1. The molecule has 0 saturated carbocycles. The second-order valence-electron chi connectivity index (χ2n) is 2.92. The highest BCUT2D eigenvalue weighted by Gasteiger charge is 2.19. The summed E-state index contributed by atoms with van der Waals surface area (Å²) in [5.74, 6) is 0. The minimum absolute atomic E-state index is 0.194. The molecule has 1 unspecified atom stereocenters. The van der Waals surface area contributed by atoms with Crippen LogP contribution in [0, 0.1) is 11.3 Å². The SMILES string of the molecule is CC(N)(C#N)c1ccc(Cl)cc1.ClCCl. The van der Waals surface area contributed by atoms with Crippen molar-refractivity contribution in [1.82, 2.24) is 0 Å². The zero-order chi connectivity index (χ0) is 11.9. The summed E-state index contributed by atoms with van der Waals surface area (Å²) in [6.45, 7) is 1.66. The molecule has 2 N–H and O–H groups in total. The lowest BCUT2D eigenvalue weighted by atomic mass is 9.95. The molecule has 5 heteroatoms. The molecule has 15 heavy (non-hydrogen) atoms. The van der Waals surface area contributed by atoms with Crippen LogP contribution < -0.4 is 5.73 Å². The van der Waals surface area contributed by atoms with Crippen LogP contribution in [0.2, 0.25) is 5.02 Å². The average Bonchev–Trinajstić information content (AvgIpc) is 2.20. The standard InChI is InChI=1S/C9H9ClN2.CH2Cl2/c1-9(12,6-11)7-2-4-8(10)5-3-7;2-1-3/h2-5H,12H2,1H3;1H2. The van der Waals surface area contributed by atoms with Crippen molar-refractivity contribution in [2.75, 3.05) is 5.34 Å². The van der Waals surface area contributed by atoms with Gasteiger partial charge >= 0.3 is 0 Å². The summed E-state index contributed by atoms with van der Waals surface area (Å²) < 4.78 is 0. The van der Waals surface area contributed by atoms with Crippen molar-refractivity contribution in [1.29, 1.82) is 5.26 Å². The van der Waals surface area contributed by atoms with Crippen LogP contribution in [0.15, 0.2) is 24.3 Å². The molecule has 0 aromatic heterocycles. The second kappa shape index (κ2) is 6.92. The lowest BCUT2D eigenvalue weighted by molar-refractivity contribution is 0.646. The minimum Gasteiger partial charge on any atom is -0.310 e. The normalized spacial score (nSPS) is 13.1. The maximum atomic E-state index is 8.71. The zero-order valence-corrected chi connectivity index (χ0v) is 10.4. The van der Waals surface area contributed by atoms with Crippen molar-refractivity contribution in [2.24, 2.45) is 5.73 Å². The third-order valence-corrected chi connectivity index (χ3v) is 1.93. The highest BCUT2D eigenvalue weighted by Crippen LogP contribution is 2.18. The summed E-state index contributed by atoms with van der Waals surface area (Å²) in [5, 5.41) is 9.55. The predicted molar refractivity (Wildman–Crippen MR) is 65.2 cm³/mol. The fourth-order valence-corrected chi connectivity index (χ4v) is 0.987. The van der Waals surface area contributed by atoms with E-state index in [1.165, 1.54) is 0 Å². The fourth-order valence-electron chi connectivity index (χ4n) is 0.861. The number of hydrogen-bond acceptors (Lipinski definition) is 2. The van der Waals surface area contributed by atoms with E-state index >= 15 is 0 Å². The van der Waals surface area contributed by atoms with Gasteiger partial charge in [0.25, 0.3) is 0 Å². The molecule has 0 aliphatic rings. The lowest BCUT2D eigenvalue weighted by Gasteiger charge is -2.15. The molecule has 1 aromatic rings. The molecular formula is C10H11Cl3N2. The molecule has 0 fully saturated rings. The molecule has 1 atom stereocenters. The first kappa shape index (κ1) is 14.5. The van der Waals surface area contributed by atoms with E-state index in [9.17, 15) is 0 Å². The molecule has 0 aliphatic heterocycles. The molecule has 0 bridgehead atoms. The van der Waals surface area contributed by atoms with Gasteiger partial charge in [0.05, 0.1) is 11.4 Å². The topological polar surface area (TPSA) is 49.8 Å². The smallest absolute Gasteiger partial charge is 0.126 e. The molecule has 0 radical (unpaired) electrons. The van der Waals surface area contributed by atoms with E-state index < -0.39 is 5.54 Å². The Bertz CT molecular complexity index is 328. The van der Waals surface area contributed by atoms with Gasteiger partial charge in [-0.15, -0.1) is 23.2 Å². The number of benzene rings is 1. The van der Waals surface area contributed by atoms with E-state index in [1.807, 2.05) is 6.07 Å². The van der Waals surface area contributed by atoms with Crippen molar-refractivity contribution in [3.8, 4) is 6.07 Å². The van der Waals surface area contributed by atoms with Crippen molar-refractivity contribution >= 4 is 34.8 Å². The van der Waals surface area contributed by atoms with Gasteiger partial charge in [-0.05, 0) is 24.6 Å². The minimum atomic E-state index is -0.926. The van der Waals surface area contributed by atoms with Crippen LogP contribution in [0.3, 0.4) is 0 Å². The number of nitrogens with two attached hydrogens (primary N) is 1. The van der Waals surface area contributed by atoms with E-state index in [2.05, 4.69) is 0 Å². The van der Waals surface area contributed by atoms with Crippen molar-refractivity contribution in [3.05, 3.63) is 34.9 Å². The molecule has 2 nitrogen and oxygen atoms in total. The van der Waals surface area contributed by atoms with Gasteiger partial charge in [-0.3, -0.25) is 0 Å². The van der Waals surface area contributed by atoms with Gasteiger partial charge in [0.2, 0.25) is 0 Å². The monoisotopic (exact) mass is 264 g/mol. The molecule has 82 valence electrons. The van der Waals surface area contributed by atoms with Crippen molar-refractivity contribution in [3.63, 3.8) is 0 Å². The van der Waals surface area contributed by atoms with E-state index in [1.54, 1.807) is 31.2 Å². The third-order valence-electron chi connectivity index (χ3n) is 1.68. The van der Waals surface area contributed by atoms with Gasteiger partial charge in [-0.1, -0.05) is 23.7 Å². The highest BCUT2D eigenvalue weighted by molar-refractivity contribution is 6.40. The molecule has 0 aliphatic carbocycles. The summed E-state index contributed by atoms with van der Waals surface area (Å²) >= 11 is 15.2. The first-order valence-electron chi connectivity index (χ1n) is 4.06. The fraction of sp³-hybridized carbons (Fsp3) is 0.300. The van der Waals surface area contributed by atoms with Crippen LogP contribution in [0.1, 0.15) is 12.5 Å². The number of rotatable bonds is 1. The quantitative estimate of drug-likeness (QED) is 0.791. The van der Waals surface area contributed by atoms with Gasteiger partial charge in [-0.2, -0.15) is 5.26 Å². The van der Waals surface area contributed by atoms with Gasteiger partial charge in [0, 0.05) is 5.02 Å². The van der Waals surface area contributed by atoms with Crippen LogP contribution in [0.4, 0.5) is 0 Å². The van der Waals surface area contributed by atoms with Gasteiger partial charge < -0.3 is 5.73 Å². The maximum Gasteiger partial charge on any atom is 0.126 e. The van der Waals surface area contributed by atoms with E-state index in [0.717, 1.165) is 5.56 Å². The van der Waals surface area contributed by atoms with Crippen LogP contribution in [-0.4, -0.2) is 5.34 Å². The molecule has 0 heterocycles. The van der Waals surface area contributed by atoms with Crippen molar-refractivity contribution in [2.45, 2.75) is 12.5 Å². The number of alkyl halides is 2. The zero-order valence-electron chi connectivity index (χ0n) is 8.17. The Morgan fingerprint density at radius 1 is 1.33 bits per heavy atom. The Morgan fingerprint density at radius 3 is 2.07 bits per heavy atom. The molecule has 1 rings (SSSR count). The molecule has 0 saturated heterocycles. The van der Waals surface area contributed by atoms with Gasteiger partial charge in [0.15, 0.2) is 0 Å². The second-order valence-corrected chi connectivity index (χ2v) is 4.17. The Kier molecular flexibility index (Phi) is 6.71. The van der Waals surface area contributed by atoms with Gasteiger partial charge in [0.1, 0.15) is 5.54 Å². The van der Waals surface area contributed by atoms with E-state index in [0.29, 0.717) is 5.02 Å². The first-order chi connectivity index (χ1) is 6.97. The number of nitrogens with zero attached hydrogens (tertiary/aromatic N) is 1. The van der Waals surface area contributed by atoms with E-state index in [4.69, 9.17) is 45.8 Å². The largest absolute Gasteiger partial charge is 0.310 e. The van der Waals surface area contributed by atoms with Gasteiger partial charge in [-0.25, -0.2) is 0 Å². The maximum absolute atomic E-state index is 8.71. The molecule has 0 amide bonds. The first-order valence-corrected chi connectivity index (χ1v) is 5.50. The van der Waals surface area contributed by atoms with Crippen LogP contribution in [0.5, 0.6) is 0 Å². The molecule has 0 spiro atoms. The van der Waals surface area contributed by atoms with Crippen molar-refractivity contribution < 1.29 is 0 Å². The Hall–Kier alpha value is -0.460. The summed E-state index contributed by atoms with van der Waals surface area (Å²) in [7, 11) is 0. The van der Waals surface area contributed by atoms with Crippen LogP contribution in [-0.2, 0) is 5.54 Å². The molecule has 1 aromatic carbocycles. The predicted octanol–water partition coefficient (Wildman–Crippen LogP) is 3.46. The summed E-state index contributed by atoms with van der Waals surface area (Å²) in [6, 6.07) is 8.97. The summed E-state index contributed by atoms with van der Waals surface area (Å²) in [5.41, 5.74) is 5.53. The van der Waals surface area contributed by atoms with Crippen LogP contribution in [0.25, 0.3) is 0 Å². The molecular weight excluding hydrogens is 254 g/mol. The van der Waals surface area contributed by atoms with E-state index in [-0.39, 0.29) is 5.34 Å². The third kappa shape index (κ3) is 5.25. The average molecular weight is 266 g/mol. The summed E-state index contributed by atoms with van der Waals surface area (Å²) in [6.07, 6.45) is 0. The highest BCUT2D eigenvalue weighted by atomic mass is 35.5. The summed E-state index contributed by atoms with van der Waals surface area (Å²) in [4.78, 5) is 0. The Labute approximate surface area is 105 Å². The Balaban J connectivity index is 0.000000583. The number of halogens is 3. The van der Waals surface area contributed by atoms with Crippen LogP contribution >= 0.6 is 34.8 Å².